The minimum absolute atomic E-state index is 0.761. The van der Waals surface area contributed by atoms with Crippen molar-refractivity contribution >= 4 is 14.9 Å². The molecule has 0 bridgehead atoms. The van der Waals surface area contributed by atoms with Gasteiger partial charge in [0.1, 0.15) is 6.29 Å². The Labute approximate surface area is 59.0 Å². The summed E-state index contributed by atoms with van der Waals surface area (Å²) in [6.07, 6.45) is 6.76. The monoisotopic (exact) mass is 146 g/mol. The standard InChI is InChI=1S/C7H15OP/c1-2-6-9-7-4-3-5-8/h5,9H,2-4,6-7H2,1H3. The predicted molar refractivity (Wildman–Crippen MR) is 43.6 cm³/mol. The van der Waals surface area contributed by atoms with Gasteiger partial charge in [-0.05, 0) is 18.7 Å². The van der Waals surface area contributed by atoms with Crippen LogP contribution in [0.4, 0.5) is 0 Å². The Morgan fingerprint density at radius 2 is 2.22 bits per heavy atom. The van der Waals surface area contributed by atoms with Gasteiger partial charge in [0, 0.05) is 6.42 Å². The van der Waals surface area contributed by atoms with Gasteiger partial charge in [0.25, 0.3) is 0 Å². The van der Waals surface area contributed by atoms with Gasteiger partial charge in [-0.2, -0.15) is 0 Å². The van der Waals surface area contributed by atoms with Gasteiger partial charge in [-0.3, -0.25) is 0 Å². The van der Waals surface area contributed by atoms with Gasteiger partial charge in [-0.25, -0.2) is 0 Å². The number of carbonyl (C=O) groups excluding carboxylic acids is 1. The molecule has 0 radical (unpaired) electrons. The van der Waals surface area contributed by atoms with Crippen molar-refractivity contribution in [1.82, 2.24) is 0 Å². The summed E-state index contributed by atoms with van der Waals surface area (Å²) in [4.78, 5) is 9.84. The normalized spacial score (nSPS) is 10.8. The van der Waals surface area contributed by atoms with E-state index >= 15 is 0 Å². The number of aldehydes is 1. The van der Waals surface area contributed by atoms with E-state index in [9.17, 15) is 4.79 Å². The molecule has 2 heteroatoms. The lowest BCUT2D eigenvalue weighted by Gasteiger charge is -1.94. The molecule has 54 valence electrons. The first-order chi connectivity index (χ1) is 4.41. The third kappa shape index (κ3) is 8.10. The van der Waals surface area contributed by atoms with Crippen molar-refractivity contribution in [1.29, 1.82) is 0 Å². The van der Waals surface area contributed by atoms with E-state index in [0.29, 0.717) is 0 Å². The quantitative estimate of drug-likeness (QED) is 0.318. The second-order valence-electron chi connectivity index (χ2n) is 2.06. The van der Waals surface area contributed by atoms with Crippen LogP contribution in [-0.4, -0.2) is 18.6 Å². The molecule has 1 unspecified atom stereocenters. The van der Waals surface area contributed by atoms with E-state index in [2.05, 4.69) is 6.92 Å². The molecule has 0 saturated heterocycles. The Kier molecular flexibility index (Phi) is 8.19. The first kappa shape index (κ1) is 9.10. The fourth-order valence-electron chi connectivity index (χ4n) is 0.612. The van der Waals surface area contributed by atoms with Crippen LogP contribution < -0.4 is 0 Å². The molecule has 9 heavy (non-hydrogen) atoms. The molecule has 0 rings (SSSR count). The average molecular weight is 146 g/mol. The molecule has 0 N–H and O–H groups in total. The van der Waals surface area contributed by atoms with Crippen molar-refractivity contribution in [3.8, 4) is 0 Å². The zero-order valence-electron chi connectivity index (χ0n) is 6.02. The highest BCUT2D eigenvalue weighted by atomic mass is 31.1. The molecule has 0 aromatic carbocycles. The van der Waals surface area contributed by atoms with Crippen LogP contribution in [-0.2, 0) is 4.79 Å². The largest absolute Gasteiger partial charge is 0.303 e. The van der Waals surface area contributed by atoms with Gasteiger partial charge in [-0.15, -0.1) is 8.58 Å². The molecular formula is C7H15OP. The molecule has 0 aliphatic heterocycles. The van der Waals surface area contributed by atoms with E-state index in [1.54, 1.807) is 0 Å². The van der Waals surface area contributed by atoms with Crippen LogP contribution in [0.15, 0.2) is 0 Å². The zero-order chi connectivity index (χ0) is 6.95. The lowest BCUT2D eigenvalue weighted by Crippen LogP contribution is -1.80. The first-order valence-electron chi connectivity index (χ1n) is 3.56. The average Bonchev–Trinajstić information content (AvgIpc) is 1.89. The van der Waals surface area contributed by atoms with Gasteiger partial charge in [-0.1, -0.05) is 13.3 Å². The van der Waals surface area contributed by atoms with E-state index in [0.717, 1.165) is 27.7 Å². The molecule has 0 heterocycles. The number of unbranched alkanes of at least 4 members (excludes halogenated alkanes) is 1. The lowest BCUT2D eigenvalue weighted by atomic mass is 10.4. The van der Waals surface area contributed by atoms with Crippen molar-refractivity contribution in [3.05, 3.63) is 0 Å². The Morgan fingerprint density at radius 3 is 2.78 bits per heavy atom. The third-order valence-corrected chi connectivity index (χ3v) is 2.66. The molecule has 1 nitrogen and oxygen atoms in total. The molecule has 0 amide bonds. The van der Waals surface area contributed by atoms with E-state index in [1.165, 1.54) is 18.7 Å². The summed E-state index contributed by atoms with van der Waals surface area (Å²) in [6, 6.07) is 0. The summed E-state index contributed by atoms with van der Waals surface area (Å²) >= 11 is 0. The van der Waals surface area contributed by atoms with Crippen LogP contribution in [0.5, 0.6) is 0 Å². The topological polar surface area (TPSA) is 17.1 Å². The van der Waals surface area contributed by atoms with Gasteiger partial charge in [0.05, 0.1) is 0 Å². The minimum atomic E-state index is 0.761. The molecule has 0 aliphatic carbocycles. The second-order valence-corrected chi connectivity index (χ2v) is 3.56. The minimum Gasteiger partial charge on any atom is -0.303 e. The van der Waals surface area contributed by atoms with Gasteiger partial charge >= 0.3 is 0 Å². The van der Waals surface area contributed by atoms with Crippen molar-refractivity contribution in [2.24, 2.45) is 0 Å². The van der Waals surface area contributed by atoms with E-state index in [-0.39, 0.29) is 0 Å². The van der Waals surface area contributed by atoms with Crippen LogP contribution in [0.3, 0.4) is 0 Å². The van der Waals surface area contributed by atoms with Gasteiger partial charge < -0.3 is 4.79 Å². The fraction of sp³-hybridized carbons (Fsp3) is 0.857. The molecule has 0 aromatic rings. The Bertz CT molecular complexity index is 63.9. The number of rotatable bonds is 6. The highest BCUT2D eigenvalue weighted by molar-refractivity contribution is 7.37. The highest BCUT2D eigenvalue weighted by Gasteiger charge is 1.85. The van der Waals surface area contributed by atoms with Crippen LogP contribution in [0.25, 0.3) is 0 Å². The second kappa shape index (κ2) is 8.10. The van der Waals surface area contributed by atoms with Crippen LogP contribution in [0, 0.1) is 0 Å². The van der Waals surface area contributed by atoms with E-state index in [1.807, 2.05) is 0 Å². The summed E-state index contributed by atoms with van der Waals surface area (Å²) in [6.45, 7) is 2.20. The summed E-state index contributed by atoms with van der Waals surface area (Å²) in [5.74, 6) is 0. The van der Waals surface area contributed by atoms with Crippen molar-refractivity contribution in [2.75, 3.05) is 12.3 Å². The number of carbonyl (C=O) groups is 1. The van der Waals surface area contributed by atoms with Gasteiger partial charge in [0.15, 0.2) is 0 Å². The van der Waals surface area contributed by atoms with Crippen LogP contribution in [0.2, 0.25) is 0 Å². The van der Waals surface area contributed by atoms with Crippen molar-refractivity contribution < 1.29 is 4.79 Å². The Hall–Kier alpha value is 0.100. The maximum absolute atomic E-state index is 9.84. The van der Waals surface area contributed by atoms with Crippen LogP contribution in [0.1, 0.15) is 26.2 Å². The van der Waals surface area contributed by atoms with Crippen molar-refractivity contribution in [2.45, 2.75) is 26.2 Å². The van der Waals surface area contributed by atoms with Gasteiger partial charge in [0.2, 0.25) is 0 Å². The molecule has 1 atom stereocenters. The molecule has 0 saturated carbocycles. The number of hydrogen-bond donors (Lipinski definition) is 0. The summed E-state index contributed by atoms with van der Waals surface area (Å²) in [5, 5.41) is 0. The fourth-order valence-corrected chi connectivity index (χ4v) is 1.67. The molecule has 0 aromatic heterocycles. The van der Waals surface area contributed by atoms with Crippen LogP contribution >= 0.6 is 8.58 Å². The Morgan fingerprint density at radius 1 is 1.44 bits per heavy atom. The molecule has 0 fully saturated rings. The maximum Gasteiger partial charge on any atom is 0.120 e. The smallest absolute Gasteiger partial charge is 0.120 e. The van der Waals surface area contributed by atoms with E-state index < -0.39 is 0 Å². The Balaban J connectivity index is 2.66. The van der Waals surface area contributed by atoms with E-state index in [4.69, 9.17) is 0 Å². The summed E-state index contributed by atoms with van der Waals surface area (Å²) < 4.78 is 0. The summed E-state index contributed by atoms with van der Waals surface area (Å²) in [7, 11) is 1.08. The number of hydrogen-bond acceptors (Lipinski definition) is 1. The lowest BCUT2D eigenvalue weighted by molar-refractivity contribution is -0.107. The predicted octanol–water partition coefficient (Wildman–Crippen LogP) is 2.05. The third-order valence-electron chi connectivity index (χ3n) is 1.10. The molecule has 0 spiro atoms. The zero-order valence-corrected chi connectivity index (χ0v) is 7.02. The summed E-state index contributed by atoms with van der Waals surface area (Å²) in [5.41, 5.74) is 0. The maximum atomic E-state index is 9.84. The first-order valence-corrected chi connectivity index (χ1v) is 4.97. The molecule has 0 aliphatic rings. The van der Waals surface area contributed by atoms with Crippen molar-refractivity contribution in [3.63, 3.8) is 0 Å². The molecular weight excluding hydrogens is 131 g/mol. The highest BCUT2D eigenvalue weighted by Crippen LogP contribution is 2.12. The SMILES string of the molecule is CCCPCCCC=O.